The van der Waals surface area contributed by atoms with Crippen molar-refractivity contribution >= 4 is 5.91 Å². The summed E-state index contributed by atoms with van der Waals surface area (Å²) in [6.45, 7) is 1.99. The molecule has 0 radical (unpaired) electrons. The molecule has 4 nitrogen and oxygen atoms in total. The number of nitrogens with zero attached hydrogens (tertiary/aromatic N) is 1. The van der Waals surface area contributed by atoms with Crippen LogP contribution in [0.15, 0.2) is 18.2 Å². The molecule has 0 aromatic heterocycles. The maximum Gasteiger partial charge on any atom is 0.239 e. The van der Waals surface area contributed by atoms with E-state index in [1.54, 1.807) is 6.92 Å². The molecule has 1 rings (SSSR count). The van der Waals surface area contributed by atoms with E-state index in [0.29, 0.717) is 13.0 Å². The van der Waals surface area contributed by atoms with E-state index in [1.807, 2.05) is 0 Å². The Morgan fingerprint density at radius 3 is 2.70 bits per heavy atom. The fraction of sp³-hybridized carbons (Fsp3) is 0.500. The minimum atomic E-state index is -0.723. The molecule has 0 fully saturated rings. The first-order chi connectivity index (χ1) is 9.38. The molecule has 0 spiro atoms. The first-order valence-corrected chi connectivity index (χ1v) is 6.34. The highest BCUT2D eigenvalue weighted by Gasteiger charge is 2.24. The highest BCUT2D eigenvalue weighted by atomic mass is 19.1. The van der Waals surface area contributed by atoms with Gasteiger partial charge in [-0.1, -0.05) is 0 Å². The van der Waals surface area contributed by atoms with Crippen molar-refractivity contribution in [1.29, 1.82) is 0 Å². The average molecular weight is 286 g/mol. The lowest BCUT2D eigenvalue weighted by Gasteiger charge is -2.28. The van der Waals surface area contributed by atoms with Crippen LogP contribution in [-0.4, -0.2) is 37.6 Å². The van der Waals surface area contributed by atoms with Gasteiger partial charge in [0.25, 0.3) is 0 Å². The van der Waals surface area contributed by atoms with Crippen molar-refractivity contribution in [2.45, 2.75) is 25.4 Å². The molecule has 2 unspecified atom stereocenters. The van der Waals surface area contributed by atoms with Crippen molar-refractivity contribution in [3.63, 3.8) is 0 Å². The highest BCUT2D eigenvalue weighted by molar-refractivity contribution is 5.81. The molecule has 0 aliphatic rings. The van der Waals surface area contributed by atoms with Crippen molar-refractivity contribution in [2.75, 3.05) is 20.8 Å². The largest absolute Gasteiger partial charge is 0.385 e. The smallest absolute Gasteiger partial charge is 0.239 e. The Balaban J connectivity index is 2.82. The van der Waals surface area contributed by atoms with Crippen LogP contribution in [0, 0.1) is 11.6 Å². The molecular weight excluding hydrogens is 266 g/mol. The number of benzene rings is 1. The number of hydrogen-bond acceptors (Lipinski definition) is 3. The van der Waals surface area contributed by atoms with Crippen molar-refractivity contribution in [3.8, 4) is 0 Å². The van der Waals surface area contributed by atoms with E-state index >= 15 is 0 Å². The molecule has 0 bridgehead atoms. The van der Waals surface area contributed by atoms with Gasteiger partial charge in [0, 0.05) is 26.3 Å². The van der Waals surface area contributed by atoms with E-state index in [1.165, 1.54) is 19.1 Å². The summed E-state index contributed by atoms with van der Waals surface area (Å²) in [6, 6.07) is 1.85. The van der Waals surface area contributed by atoms with Gasteiger partial charge in [0.05, 0.1) is 12.1 Å². The molecule has 0 aliphatic heterocycles. The van der Waals surface area contributed by atoms with Crippen molar-refractivity contribution < 1.29 is 18.3 Å². The van der Waals surface area contributed by atoms with Gasteiger partial charge in [-0.2, -0.15) is 0 Å². The Labute approximate surface area is 117 Å². The van der Waals surface area contributed by atoms with Gasteiger partial charge in [-0.05, 0) is 31.5 Å². The van der Waals surface area contributed by atoms with Gasteiger partial charge in [-0.25, -0.2) is 8.78 Å². The SMILES string of the molecule is COCCC(N)C(=O)N(C)C(C)c1cc(F)ccc1F. The number of carbonyl (C=O) groups is 1. The maximum absolute atomic E-state index is 13.7. The number of hydrogen-bond donors (Lipinski definition) is 1. The third-order valence-electron chi connectivity index (χ3n) is 3.29. The predicted octanol–water partition coefficient (Wildman–Crippen LogP) is 1.85. The summed E-state index contributed by atoms with van der Waals surface area (Å²) < 4.78 is 31.7. The second-order valence-electron chi connectivity index (χ2n) is 4.68. The zero-order valence-electron chi connectivity index (χ0n) is 11.9. The number of rotatable bonds is 6. The molecule has 1 aromatic carbocycles. The molecule has 1 amide bonds. The third kappa shape index (κ3) is 3.98. The van der Waals surface area contributed by atoms with Gasteiger partial charge < -0.3 is 15.4 Å². The molecule has 2 atom stereocenters. The van der Waals surface area contributed by atoms with Crippen LogP contribution in [0.3, 0.4) is 0 Å². The van der Waals surface area contributed by atoms with Crippen LogP contribution in [0.2, 0.25) is 0 Å². The molecule has 112 valence electrons. The van der Waals surface area contributed by atoms with Crippen molar-refractivity contribution in [3.05, 3.63) is 35.4 Å². The molecule has 0 heterocycles. The Bertz CT molecular complexity index is 468. The van der Waals surface area contributed by atoms with Gasteiger partial charge in [0.15, 0.2) is 0 Å². The van der Waals surface area contributed by atoms with Crippen molar-refractivity contribution in [1.82, 2.24) is 4.90 Å². The summed E-state index contributed by atoms with van der Waals surface area (Å²) in [5.74, 6) is -1.43. The van der Waals surface area contributed by atoms with Crippen LogP contribution in [0.4, 0.5) is 8.78 Å². The molecule has 20 heavy (non-hydrogen) atoms. The van der Waals surface area contributed by atoms with Crippen LogP contribution >= 0.6 is 0 Å². The van der Waals surface area contributed by atoms with Gasteiger partial charge in [0.2, 0.25) is 5.91 Å². The number of carbonyl (C=O) groups excluding carboxylic acids is 1. The zero-order valence-corrected chi connectivity index (χ0v) is 11.9. The Hall–Kier alpha value is -1.53. The standard InChI is InChI=1S/C14H20F2N2O2/c1-9(11-8-10(15)4-5-12(11)16)18(2)14(19)13(17)6-7-20-3/h4-5,8-9,13H,6-7,17H2,1-3H3. The lowest BCUT2D eigenvalue weighted by molar-refractivity contribution is -0.133. The summed E-state index contributed by atoms with van der Waals surface area (Å²) >= 11 is 0. The zero-order chi connectivity index (χ0) is 15.3. The minimum absolute atomic E-state index is 0.125. The van der Waals surface area contributed by atoms with Crippen molar-refractivity contribution in [2.24, 2.45) is 5.73 Å². The maximum atomic E-state index is 13.7. The number of nitrogens with two attached hydrogens (primary N) is 1. The van der Waals surface area contributed by atoms with Gasteiger partial charge in [-0.3, -0.25) is 4.79 Å². The number of methoxy groups -OCH3 is 1. The average Bonchev–Trinajstić information content (AvgIpc) is 2.44. The Morgan fingerprint density at radius 1 is 1.45 bits per heavy atom. The van der Waals surface area contributed by atoms with Gasteiger partial charge in [0.1, 0.15) is 11.6 Å². The minimum Gasteiger partial charge on any atom is -0.385 e. The molecule has 0 aliphatic carbocycles. The van der Waals surface area contributed by atoms with Gasteiger partial charge >= 0.3 is 0 Å². The fourth-order valence-corrected chi connectivity index (χ4v) is 1.86. The number of likely N-dealkylation sites (N-methyl/N-ethyl adjacent to an activating group) is 1. The van der Waals surface area contributed by atoms with Crippen LogP contribution < -0.4 is 5.73 Å². The third-order valence-corrected chi connectivity index (χ3v) is 3.29. The quantitative estimate of drug-likeness (QED) is 0.868. The second-order valence-corrected chi connectivity index (χ2v) is 4.68. The first kappa shape index (κ1) is 16.5. The normalized spacial score (nSPS) is 13.9. The molecular formula is C14H20F2N2O2. The highest BCUT2D eigenvalue weighted by Crippen LogP contribution is 2.23. The monoisotopic (exact) mass is 286 g/mol. The lowest BCUT2D eigenvalue weighted by Crippen LogP contribution is -2.43. The lowest BCUT2D eigenvalue weighted by atomic mass is 10.1. The van der Waals surface area contributed by atoms with E-state index < -0.39 is 23.7 Å². The Kier molecular flexibility index (Phi) is 6.04. The summed E-state index contributed by atoms with van der Waals surface area (Å²) in [4.78, 5) is 13.4. The van der Waals surface area contributed by atoms with E-state index in [-0.39, 0.29) is 11.5 Å². The summed E-state index contributed by atoms with van der Waals surface area (Å²) in [6.07, 6.45) is 0.373. The van der Waals surface area contributed by atoms with E-state index in [4.69, 9.17) is 10.5 Å². The van der Waals surface area contributed by atoms with Gasteiger partial charge in [-0.15, -0.1) is 0 Å². The summed E-state index contributed by atoms with van der Waals surface area (Å²) in [5, 5.41) is 0. The number of halogens is 2. The van der Waals surface area contributed by atoms with Crippen LogP contribution in [-0.2, 0) is 9.53 Å². The van der Waals surface area contributed by atoms with Crippen LogP contribution in [0.5, 0.6) is 0 Å². The molecule has 6 heteroatoms. The topological polar surface area (TPSA) is 55.6 Å². The number of amides is 1. The predicted molar refractivity (Wildman–Crippen MR) is 72.0 cm³/mol. The molecule has 2 N–H and O–H groups in total. The first-order valence-electron chi connectivity index (χ1n) is 6.34. The molecule has 0 saturated heterocycles. The van der Waals surface area contributed by atoms with Crippen LogP contribution in [0.1, 0.15) is 24.9 Å². The van der Waals surface area contributed by atoms with E-state index in [2.05, 4.69) is 0 Å². The summed E-state index contributed by atoms with van der Waals surface area (Å²) in [5.41, 5.74) is 5.87. The number of ether oxygens (including phenoxy) is 1. The van der Waals surface area contributed by atoms with E-state index in [0.717, 1.165) is 18.2 Å². The Morgan fingerprint density at radius 2 is 2.10 bits per heavy atom. The summed E-state index contributed by atoms with van der Waals surface area (Å²) in [7, 11) is 3.04. The molecule has 1 aromatic rings. The van der Waals surface area contributed by atoms with E-state index in [9.17, 15) is 13.6 Å². The molecule has 0 saturated carbocycles. The second kappa shape index (κ2) is 7.31. The van der Waals surface area contributed by atoms with Crippen LogP contribution in [0.25, 0.3) is 0 Å². The fourth-order valence-electron chi connectivity index (χ4n) is 1.86.